The van der Waals surface area contributed by atoms with E-state index in [2.05, 4.69) is 5.32 Å². The Labute approximate surface area is 115 Å². The predicted molar refractivity (Wildman–Crippen MR) is 74.7 cm³/mol. The number of nitrogens with one attached hydrogen (secondary N) is 1. The molecule has 0 saturated heterocycles. The van der Waals surface area contributed by atoms with Crippen molar-refractivity contribution in [1.29, 1.82) is 0 Å². The molecule has 2 unspecified atom stereocenters. The zero-order valence-corrected chi connectivity index (χ0v) is 11.9. The molecule has 1 rings (SSSR count). The third-order valence-corrected chi connectivity index (χ3v) is 2.82. The number of benzene rings is 1. The minimum Gasteiger partial charge on any atom is -0.461 e. The maximum absolute atomic E-state index is 11.8. The lowest BCUT2D eigenvalue weighted by atomic mass is 10.1. The lowest BCUT2D eigenvalue weighted by Crippen LogP contribution is -2.36. The van der Waals surface area contributed by atoms with Gasteiger partial charge in [-0.3, -0.25) is 4.79 Å². The van der Waals surface area contributed by atoms with Crippen molar-refractivity contribution in [2.24, 2.45) is 5.92 Å². The van der Waals surface area contributed by atoms with Gasteiger partial charge in [-0.05, 0) is 12.5 Å². The van der Waals surface area contributed by atoms with Crippen LogP contribution in [0.3, 0.4) is 0 Å². The van der Waals surface area contributed by atoms with Crippen LogP contribution < -0.4 is 5.32 Å². The molecule has 1 aromatic rings. The van der Waals surface area contributed by atoms with Crippen molar-refractivity contribution in [3.8, 4) is 0 Å². The van der Waals surface area contributed by atoms with E-state index >= 15 is 0 Å². The molecule has 0 amide bonds. The average Bonchev–Trinajstić information content (AvgIpc) is 2.43. The van der Waals surface area contributed by atoms with Crippen LogP contribution in [0.4, 0.5) is 0 Å². The summed E-state index contributed by atoms with van der Waals surface area (Å²) in [5, 5.41) is 3.24. The van der Waals surface area contributed by atoms with E-state index in [4.69, 9.17) is 9.47 Å². The van der Waals surface area contributed by atoms with Gasteiger partial charge in [-0.1, -0.05) is 37.3 Å². The van der Waals surface area contributed by atoms with Crippen LogP contribution in [0.5, 0.6) is 0 Å². The first-order valence-electron chi connectivity index (χ1n) is 6.56. The highest BCUT2D eigenvalue weighted by Gasteiger charge is 2.15. The SMILES string of the molecule is COCC(C)NCC(C)C(=O)OCc1ccccc1. The molecule has 4 heteroatoms. The van der Waals surface area contributed by atoms with E-state index in [0.717, 1.165) is 5.56 Å². The fraction of sp³-hybridized carbons (Fsp3) is 0.533. The molecule has 0 heterocycles. The molecule has 0 spiro atoms. The highest BCUT2D eigenvalue weighted by molar-refractivity contribution is 5.72. The molecule has 0 aromatic heterocycles. The van der Waals surface area contributed by atoms with Crippen molar-refractivity contribution in [3.05, 3.63) is 35.9 Å². The molecule has 1 aromatic carbocycles. The summed E-state index contributed by atoms with van der Waals surface area (Å²) in [6.45, 7) is 5.44. The van der Waals surface area contributed by atoms with Gasteiger partial charge in [0.15, 0.2) is 0 Å². The summed E-state index contributed by atoms with van der Waals surface area (Å²) < 4.78 is 10.3. The Hall–Kier alpha value is -1.39. The van der Waals surface area contributed by atoms with Crippen LogP contribution in [0.25, 0.3) is 0 Å². The van der Waals surface area contributed by atoms with Crippen LogP contribution in [0.15, 0.2) is 30.3 Å². The van der Waals surface area contributed by atoms with Crippen LogP contribution in [0.2, 0.25) is 0 Å². The minimum absolute atomic E-state index is 0.164. The molecule has 0 saturated carbocycles. The van der Waals surface area contributed by atoms with Crippen LogP contribution in [0.1, 0.15) is 19.4 Å². The highest BCUT2D eigenvalue weighted by atomic mass is 16.5. The van der Waals surface area contributed by atoms with Gasteiger partial charge in [-0.15, -0.1) is 0 Å². The fourth-order valence-corrected chi connectivity index (χ4v) is 1.64. The average molecular weight is 265 g/mol. The molecule has 106 valence electrons. The van der Waals surface area contributed by atoms with Gasteiger partial charge in [-0.25, -0.2) is 0 Å². The Bertz CT molecular complexity index is 367. The summed E-state index contributed by atoms with van der Waals surface area (Å²) in [4.78, 5) is 11.8. The predicted octanol–water partition coefficient (Wildman–Crippen LogP) is 1.99. The van der Waals surface area contributed by atoms with E-state index in [9.17, 15) is 4.79 Å². The monoisotopic (exact) mass is 265 g/mol. The third kappa shape index (κ3) is 6.36. The first-order chi connectivity index (χ1) is 9.13. The summed E-state index contributed by atoms with van der Waals surface area (Å²) in [5.74, 6) is -0.344. The summed E-state index contributed by atoms with van der Waals surface area (Å²) in [6, 6.07) is 9.92. The number of hydrogen-bond acceptors (Lipinski definition) is 4. The summed E-state index contributed by atoms with van der Waals surface area (Å²) in [6.07, 6.45) is 0. The van der Waals surface area contributed by atoms with Crippen molar-refractivity contribution in [2.75, 3.05) is 20.3 Å². The molecule has 2 atom stereocenters. The Balaban J connectivity index is 2.25. The number of ether oxygens (including phenoxy) is 2. The maximum Gasteiger partial charge on any atom is 0.310 e. The number of methoxy groups -OCH3 is 1. The van der Waals surface area contributed by atoms with Crippen molar-refractivity contribution < 1.29 is 14.3 Å². The minimum atomic E-state index is -0.180. The molecule has 4 nitrogen and oxygen atoms in total. The quantitative estimate of drug-likeness (QED) is 0.730. The molecule has 0 aliphatic rings. The summed E-state index contributed by atoms with van der Waals surface area (Å²) >= 11 is 0. The highest BCUT2D eigenvalue weighted by Crippen LogP contribution is 2.04. The number of esters is 1. The Kier molecular flexibility index (Phi) is 7.15. The van der Waals surface area contributed by atoms with Gasteiger partial charge in [0.05, 0.1) is 12.5 Å². The van der Waals surface area contributed by atoms with Gasteiger partial charge >= 0.3 is 5.97 Å². The number of carbonyl (C=O) groups excluding carboxylic acids is 1. The van der Waals surface area contributed by atoms with Gasteiger partial charge in [0.2, 0.25) is 0 Å². The molecule has 19 heavy (non-hydrogen) atoms. The topological polar surface area (TPSA) is 47.6 Å². The normalized spacial score (nSPS) is 13.8. The lowest BCUT2D eigenvalue weighted by Gasteiger charge is -2.16. The van der Waals surface area contributed by atoms with Crippen LogP contribution in [-0.2, 0) is 20.9 Å². The first kappa shape index (κ1) is 15.7. The van der Waals surface area contributed by atoms with Crippen molar-refractivity contribution >= 4 is 5.97 Å². The zero-order valence-electron chi connectivity index (χ0n) is 11.9. The smallest absolute Gasteiger partial charge is 0.310 e. The lowest BCUT2D eigenvalue weighted by molar-refractivity contribution is -0.149. The van der Waals surface area contributed by atoms with Gasteiger partial charge in [0.25, 0.3) is 0 Å². The largest absolute Gasteiger partial charge is 0.461 e. The van der Waals surface area contributed by atoms with E-state index in [1.165, 1.54) is 0 Å². The van der Waals surface area contributed by atoms with Crippen molar-refractivity contribution in [3.63, 3.8) is 0 Å². The van der Waals surface area contributed by atoms with Crippen molar-refractivity contribution in [1.82, 2.24) is 5.32 Å². The summed E-state index contributed by atoms with van der Waals surface area (Å²) in [5.41, 5.74) is 1.00. The number of rotatable bonds is 8. The van der Waals surface area contributed by atoms with E-state index in [1.807, 2.05) is 44.2 Å². The number of hydrogen-bond donors (Lipinski definition) is 1. The maximum atomic E-state index is 11.8. The second-order valence-electron chi connectivity index (χ2n) is 4.76. The van der Waals surface area contributed by atoms with Crippen LogP contribution >= 0.6 is 0 Å². The molecule has 1 N–H and O–H groups in total. The number of carbonyl (C=O) groups is 1. The van der Waals surface area contributed by atoms with E-state index < -0.39 is 0 Å². The Morgan fingerprint density at radius 3 is 2.58 bits per heavy atom. The van der Waals surface area contributed by atoms with E-state index in [-0.39, 0.29) is 17.9 Å². The van der Waals surface area contributed by atoms with Crippen LogP contribution in [0, 0.1) is 5.92 Å². The van der Waals surface area contributed by atoms with Gasteiger partial charge in [0, 0.05) is 19.7 Å². The first-order valence-corrected chi connectivity index (χ1v) is 6.56. The third-order valence-electron chi connectivity index (χ3n) is 2.82. The van der Waals surface area contributed by atoms with E-state index in [0.29, 0.717) is 19.8 Å². The summed E-state index contributed by atoms with van der Waals surface area (Å²) in [7, 11) is 1.66. The molecule has 0 bridgehead atoms. The standard InChI is InChI=1S/C15H23NO3/c1-12(9-16-13(2)10-18-3)15(17)19-11-14-7-5-4-6-8-14/h4-8,12-13,16H,9-11H2,1-3H3. The van der Waals surface area contributed by atoms with Gasteiger partial charge in [0.1, 0.15) is 6.61 Å². The van der Waals surface area contributed by atoms with Gasteiger partial charge < -0.3 is 14.8 Å². The van der Waals surface area contributed by atoms with Crippen LogP contribution in [-0.4, -0.2) is 32.3 Å². The van der Waals surface area contributed by atoms with Gasteiger partial charge in [-0.2, -0.15) is 0 Å². The van der Waals surface area contributed by atoms with Crippen molar-refractivity contribution in [2.45, 2.75) is 26.5 Å². The molecule has 0 radical (unpaired) electrons. The Morgan fingerprint density at radius 1 is 1.26 bits per heavy atom. The molecular weight excluding hydrogens is 242 g/mol. The zero-order chi connectivity index (χ0) is 14.1. The second kappa shape index (κ2) is 8.67. The fourth-order valence-electron chi connectivity index (χ4n) is 1.64. The molecule has 0 fully saturated rings. The Morgan fingerprint density at radius 2 is 1.95 bits per heavy atom. The molecule has 0 aliphatic carbocycles. The van der Waals surface area contributed by atoms with E-state index in [1.54, 1.807) is 7.11 Å². The molecule has 0 aliphatic heterocycles. The molecular formula is C15H23NO3. The second-order valence-corrected chi connectivity index (χ2v) is 4.76.